The second kappa shape index (κ2) is 5.98. The van der Waals surface area contributed by atoms with E-state index in [1.807, 2.05) is 24.3 Å². The fourth-order valence-electron chi connectivity index (χ4n) is 4.08. The van der Waals surface area contributed by atoms with Gasteiger partial charge in [0.2, 0.25) is 0 Å². The normalized spacial score (nSPS) is 29.2. The Kier molecular flexibility index (Phi) is 4.40. The molecule has 3 atom stereocenters. The molecule has 1 fully saturated rings. The number of nitrogens with two attached hydrogens (primary N) is 2. The molecule has 0 bridgehead atoms. The molecular formula is C16H20ClInN2O. The monoisotopic (exact) mass is 406 g/mol. The van der Waals surface area contributed by atoms with Crippen LogP contribution in [-0.4, -0.2) is 27.3 Å². The van der Waals surface area contributed by atoms with Crippen molar-refractivity contribution in [2.75, 3.05) is 0 Å². The first-order valence-corrected chi connectivity index (χ1v) is 13.8. The van der Waals surface area contributed by atoms with Gasteiger partial charge in [-0.2, -0.15) is 0 Å². The summed E-state index contributed by atoms with van der Waals surface area (Å²) in [5.41, 5.74) is 13.4. The van der Waals surface area contributed by atoms with Crippen molar-refractivity contribution < 1.29 is 4.79 Å². The first-order valence-electron chi connectivity index (χ1n) is 7.53. The van der Waals surface area contributed by atoms with Crippen molar-refractivity contribution in [3.8, 4) is 0 Å². The fraction of sp³-hybridized carbons (Fsp3) is 0.438. The van der Waals surface area contributed by atoms with Crippen molar-refractivity contribution in [2.24, 2.45) is 17.4 Å². The molecule has 110 valence electrons. The molecule has 0 aromatic heterocycles. The van der Waals surface area contributed by atoms with Crippen LogP contribution in [0.5, 0.6) is 0 Å². The first-order chi connectivity index (χ1) is 10.1. The molecule has 1 amide bonds. The van der Waals surface area contributed by atoms with Gasteiger partial charge >= 0.3 is 139 Å². The van der Waals surface area contributed by atoms with Crippen molar-refractivity contribution in [3.05, 3.63) is 44.8 Å². The molecule has 2 aliphatic rings. The summed E-state index contributed by atoms with van der Waals surface area (Å²) in [7, 11) is 0. The third kappa shape index (κ3) is 2.55. The van der Waals surface area contributed by atoms with Gasteiger partial charge in [0.05, 0.1) is 0 Å². The van der Waals surface area contributed by atoms with Gasteiger partial charge < -0.3 is 0 Å². The number of benzene rings is 1. The van der Waals surface area contributed by atoms with Crippen LogP contribution < -0.4 is 11.5 Å². The van der Waals surface area contributed by atoms with Crippen molar-refractivity contribution in [2.45, 2.75) is 32.7 Å². The number of carbonyl (C=O) groups excluding carboxylic acids is 1. The second-order valence-electron chi connectivity index (χ2n) is 6.24. The van der Waals surface area contributed by atoms with Crippen molar-refractivity contribution in [1.82, 2.24) is 0 Å². The molecule has 0 spiro atoms. The molecule has 4 N–H and O–H groups in total. The topological polar surface area (TPSA) is 69.1 Å². The number of hydrogen-bond donors (Lipinski definition) is 2. The number of primary amides is 1. The molecule has 3 rings (SSSR count). The Morgan fingerprint density at radius 1 is 1.48 bits per heavy atom. The number of hydrogen-bond acceptors (Lipinski definition) is 2. The quantitative estimate of drug-likeness (QED) is 0.807. The number of carbonyl (C=O) groups is 1. The van der Waals surface area contributed by atoms with Crippen molar-refractivity contribution >= 4 is 38.9 Å². The van der Waals surface area contributed by atoms with Crippen LogP contribution in [0.3, 0.4) is 0 Å². The average Bonchev–Trinajstić information content (AvgIpc) is 2.91. The Morgan fingerprint density at radius 2 is 2.29 bits per heavy atom. The standard InChI is InChI=1S/C12H14ClN2O.C4H6.In/c13-8-3-1-2-7(6-8)11(14)9-4-5-10(9)12(15)16;1-3-4-2;/h1-3,6,9,11H,4-5,14H2,(H2,15,16);1,3H,2,4H2;. The van der Waals surface area contributed by atoms with E-state index in [2.05, 4.69) is 9.91 Å². The van der Waals surface area contributed by atoms with Crippen LogP contribution in [0.1, 0.15) is 30.9 Å². The average molecular weight is 407 g/mol. The molecule has 1 heterocycles. The van der Waals surface area contributed by atoms with Gasteiger partial charge in [-0.25, -0.2) is 0 Å². The summed E-state index contributed by atoms with van der Waals surface area (Å²) in [6.07, 6.45) is 5.30. The van der Waals surface area contributed by atoms with Crippen LogP contribution in [0.2, 0.25) is 12.4 Å². The molecule has 3 unspecified atom stereocenters. The molecule has 1 aromatic carbocycles. The summed E-state index contributed by atoms with van der Waals surface area (Å²) in [6.45, 7) is 0. The van der Waals surface area contributed by atoms with Crippen LogP contribution in [-0.2, 0) is 4.79 Å². The summed E-state index contributed by atoms with van der Waals surface area (Å²) >= 11 is 3.98. The molecule has 0 radical (unpaired) electrons. The molecule has 5 heteroatoms. The van der Waals surface area contributed by atoms with Crippen LogP contribution in [0.15, 0.2) is 34.2 Å². The van der Waals surface area contributed by atoms with Gasteiger partial charge in [-0.3, -0.25) is 0 Å². The van der Waals surface area contributed by atoms with Crippen molar-refractivity contribution in [1.29, 1.82) is 0 Å². The number of rotatable bonds is 4. The van der Waals surface area contributed by atoms with Gasteiger partial charge in [-0.15, -0.1) is 0 Å². The minimum absolute atomic E-state index is 0.108. The third-order valence-electron chi connectivity index (χ3n) is 5.33. The van der Waals surface area contributed by atoms with Gasteiger partial charge in [0.25, 0.3) is 0 Å². The summed E-state index contributed by atoms with van der Waals surface area (Å²) in [6, 6.07) is 7.53. The van der Waals surface area contributed by atoms with Crippen LogP contribution in [0, 0.1) is 5.92 Å². The Balaban J connectivity index is 1.90. The van der Waals surface area contributed by atoms with Gasteiger partial charge in [0.15, 0.2) is 0 Å². The van der Waals surface area contributed by atoms with Gasteiger partial charge in [-0.1, -0.05) is 0 Å². The van der Waals surface area contributed by atoms with Crippen LogP contribution in [0.25, 0.3) is 0 Å². The van der Waals surface area contributed by atoms with Gasteiger partial charge in [0, 0.05) is 0 Å². The van der Waals surface area contributed by atoms with E-state index in [9.17, 15) is 4.79 Å². The van der Waals surface area contributed by atoms with E-state index in [0.717, 1.165) is 24.8 Å². The minimum atomic E-state index is -2.09. The maximum atomic E-state index is 12.3. The molecule has 1 aliphatic heterocycles. The van der Waals surface area contributed by atoms with E-state index < -0.39 is 21.4 Å². The molecular weight excluding hydrogens is 386 g/mol. The zero-order valence-corrected chi connectivity index (χ0v) is 16.0. The SMILES string of the molecule is NC(=O)[C]1([In]2[CH]=CC[CH2]2)CCC1C(N)c1cccc(Cl)c1. The van der Waals surface area contributed by atoms with Gasteiger partial charge in [0.1, 0.15) is 0 Å². The Hall–Kier alpha value is -0.450. The molecule has 1 aliphatic carbocycles. The second-order valence-corrected chi connectivity index (χ2v) is 15.8. The van der Waals surface area contributed by atoms with Gasteiger partial charge in [-0.05, 0) is 0 Å². The number of amides is 1. The molecule has 21 heavy (non-hydrogen) atoms. The maximum absolute atomic E-state index is 12.3. The number of allylic oxidation sites excluding steroid dienone is 1. The van der Waals surface area contributed by atoms with Crippen molar-refractivity contribution in [3.63, 3.8) is 0 Å². The third-order valence-corrected chi connectivity index (χ3v) is 17.0. The molecule has 3 nitrogen and oxygen atoms in total. The van der Waals surface area contributed by atoms with E-state index >= 15 is 0 Å². The number of halogens is 1. The van der Waals surface area contributed by atoms with Crippen LogP contribution >= 0.6 is 11.6 Å². The Morgan fingerprint density at radius 3 is 2.81 bits per heavy atom. The molecule has 1 aromatic rings. The summed E-state index contributed by atoms with van der Waals surface area (Å²) in [5.74, 6) is 0.0839. The van der Waals surface area contributed by atoms with E-state index in [0.29, 0.717) is 5.02 Å². The van der Waals surface area contributed by atoms with Crippen LogP contribution in [0.4, 0.5) is 0 Å². The Bertz CT molecular complexity index is 591. The predicted molar refractivity (Wildman–Crippen MR) is 87.3 cm³/mol. The van der Waals surface area contributed by atoms with E-state index in [1.165, 1.54) is 4.18 Å². The summed E-state index contributed by atoms with van der Waals surface area (Å²) in [4.78, 5) is 12.3. The molecule has 0 saturated heterocycles. The Labute approximate surface area is 138 Å². The predicted octanol–water partition coefficient (Wildman–Crippen LogP) is 2.97. The van der Waals surface area contributed by atoms with E-state index in [1.54, 1.807) is 0 Å². The zero-order chi connectivity index (χ0) is 15.0. The fourth-order valence-corrected chi connectivity index (χ4v) is 15.6. The first kappa shape index (κ1) is 15.4. The summed E-state index contributed by atoms with van der Waals surface area (Å²) in [5, 5.41) is 0.691. The van der Waals surface area contributed by atoms with E-state index in [-0.39, 0.29) is 21.0 Å². The molecule has 1 saturated carbocycles. The zero-order valence-electron chi connectivity index (χ0n) is 12.0. The van der Waals surface area contributed by atoms with E-state index in [4.69, 9.17) is 23.1 Å². The summed E-state index contributed by atoms with van der Waals surface area (Å²) < 4.78 is 3.31.